The number of hydrogen-bond acceptors (Lipinski definition) is 3. The Morgan fingerprint density at radius 1 is 1.38 bits per heavy atom. The maximum atomic E-state index is 11.7. The molecule has 1 fully saturated rings. The van der Waals surface area contributed by atoms with Gasteiger partial charge in [0.1, 0.15) is 6.10 Å². The molecule has 0 N–H and O–H groups in total. The van der Waals surface area contributed by atoms with Crippen LogP contribution in [0.5, 0.6) is 0 Å². The highest BCUT2D eigenvalue weighted by Crippen LogP contribution is 2.19. The summed E-state index contributed by atoms with van der Waals surface area (Å²) in [5, 5.41) is 0. The van der Waals surface area contributed by atoms with Gasteiger partial charge in [0.05, 0.1) is 6.10 Å². The van der Waals surface area contributed by atoms with E-state index in [4.69, 9.17) is 9.47 Å². The predicted molar refractivity (Wildman–Crippen MR) is 62.4 cm³/mol. The molecule has 0 aromatic rings. The number of ether oxygens (including phenoxy) is 2. The molecular weight excluding hydrogens is 206 g/mol. The van der Waals surface area contributed by atoms with E-state index in [0.717, 1.165) is 25.9 Å². The van der Waals surface area contributed by atoms with Crippen LogP contribution in [0, 0.1) is 5.92 Å². The van der Waals surface area contributed by atoms with Gasteiger partial charge in [0.15, 0.2) is 0 Å². The number of nitrogens with zero attached hydrogens (tertiary/aromatic N) is 1. The third kappa shape index (κ3) is 3.11. The van der Waals surface area contributed by atoms with Crippen LogP contribution in [0.15, 0.2) is 0 Å². The quantitative estimate of drug-likeness (QED) is 0.726. The molecule has 1 aliphatic rings. The van der Waals surface area contributed by atoms with Crippen LogP contribution < -0.4 is 0 Å². The molecule has 0 radical (unpaired) electrons. The molecule has 1 aliphatic heterocycles. The molecule has 1 saturated heterocycles. The second kappa shape index (κ2) is 6.09. The molecule has 2 atom stereocenters. The van der Waals surface area contributed by atoms with E-state index in [1.165, 1.54) is 0 Å². The lowest BCUT2D eigenvalue weighted by Gasteiger charge is -2.34. The summed E-state index contributed by atoms with van der Waals surface area (Å²) in [5.41, 5.74) is 0. The van der Waals surface area contributed by atoms with Crippen molar-refractivity contribution in [2.24, 2.45) is 5.92 Å². The molecule has 1 heterocycles. The van der Waals surface area contributed by atoms with Gasteiger partial charge in [0.25, 0.3) is 0 Å². The Bertz CT molecular complexity index is 222. The third-order valence-electron chi connectivity index (χ3n) is 3.08. The van der Waals surface area contributed by atoms with E-state index in [9.17, 15) is 4.79 Å². The van der Waals surface area contributed by atoms with Crippen LogP contribution in [0.3, 0.4) is 0 Å². The number of carbonyl (C=O) groups is 1. The first-order valence-corrected chi connectivity index (χ1v) is 6.08. The summed E-state index contributed by atoms with van der Waals surface area (Å²) in [6.45, 7) is 7.80. The number of rotatable bonds is 5. The predicted octanol–water partition coefficient (Wildman–Crippen LogP) is 2.28. The highest BCUT2D eigenvalue weighted by molar-refractivity contribution is 5.68. The molecular formula is C12H23NO3. The minimum absolute atomic E-state index is 0.00905. The third-order valence-corrected chi connectivity index (χ3v) is 3.08. The van der Waals surface area contributed by atoms with Crippen molar-refractivity contribution in [2.45, 2.75) is 45.8 Å². The maximum absolute atomic E-state index is 11.7. The molecule has 16 heavy (non-hydrogen) atoms. The fraction of sp³-hybridized carbons (Fsp3) is 0.917. The average Bonchev–Trinajstić information content (AvgIpc) is 2.15. The van der Waals surface area contributed by atoms with Crippen molar-refractivity contribution in [1.29, 1.82) is 0 Å². The fourth-order valence-electron chi connectivity index (χ4n) is 1.86. The van der Waals surface area contributed by atoms with Gasteiger partial charge in [-0.25, -0.2) is 4.79 Å². The molecule has 1 rings (SSSR count). The lowest BCUT2D eigenvalue weighted by molar-refractivity contribution is -0.0575. The zero-order valence-electron chi connectivity index (χ0n) is 10.7. The van der Waals surface area contributed by atoms with Gasteiger partial charge in [-0.2, -0.15) is 0 Å². The number of hydrogen-bond donors (Lipinski definition) is 0. The van der Waals surface area contributed by atoms with E-state index < -0.39 is 0 Å². The van der Waals surface area contributed by atoms with Gasteiger partial charge in [-0.3, -0.25) is 0 Å². The minimum atomic E-state index is -0.194. The molecule has 0 saturated carbocycles. The lowest BCUT2D eigenvalue weighted by Crippen LogP contribution is -2.46. The van der Waals surface area contributed by atoms with Gasteiger partial charge in [-0.05, 0) is 18.8 Å². The Labute approximate surface area is 97.9 Å². The second-order valence-corrected chi connectivity index (χ2v) is 4.62. The molecule has 94 valence electrons. The van der Waals surface area contributed by atoms with Gasteiger partial charge >= 0.3 is 6.09 Å². The van der Waals surface area contributed by atoms with Crippen molar-refractivity contribution in [1.82, 2.24) is 4.90 Å². The smallest absolute Gasteiger partial charge is 0.410 e. The first kappa shape index (κ1) is 13.3. The summed E-state index contributed by atoms with van der Waals surface area (Å²) in [5.74, 6) is 0.273. The molecule has 0 bridgehead atoms. The SMILES string of the molecule is CCC(OC)C(OC(=O)N1CCC1)C(C)C. The van der Waals surface area contributed by atoms with E-state index in [0.29, 0.717) is 0 Å². The number of amides is 1. The lowest BCUT2D eigenvalue weighted by atomic mass is 10.00. The number of carbonyl (C=O) groups excluding carboxylic acids is 1. The standard InChI is InChI=1S/C12H23NO3/c1-5-10(15-4)11(9(2)3)16-12(14)13-7-6-8-13/h9-11H,5-8H2,1-4H3. The van der Waals surface area contributed by atoms with E-state index >= 15 is 0 Å². The van der Waals surface area contributed by atoms with Crippen LogP contribution in [-0.4, -0.2) is 43.4 Å². The first-order chi connectivity index (χ1) is 7.60. The van der Waals surface area contributed by atoms with E-state index in [-0.39, 0.29) is 24.2 Å². The molecule has 1 amide bonds. The molecule has 0 aromatic heterocycles. The fourth-order valence-corrected chi connectivity index (χ4v) is 1.86. The Kier molecular flexibility index (Phi) is 5.06. The van der Waals surface area contributed by atoms with Crippen LogP contribution >= 0.6 is 0 Å². The second-order valence-electron chi connectivity index (χ2n) is 4.62. The van der Waals surface area contributed by atoms with Crippen molar-refractivity contribution in [3.05, 3.63) is 0 Å². The number of methoxy groups -OCH3 is 1. The number of likely N-dealkylation sites (tertiary alicyclic amines) is 1. The summed E-state index contributed by atoms with van der Waals surface area (Å²) in [7, 11) is 1.67. The van der Waals surface area contributed by atoms with E-state index in [1.54, 1.807) is 12.0 Å². The van der Waals surface area contributed by atoms with Crippen molar-refractivity contribution in [2.75, 3.05) is 20.2 Å². The zero-order valence-corrected chi connectivity index (χ0v) is 10.7. The van der Waals surface area contributed by atoms with Gasteiger partial charge < -0.3 is 14.4 Å². The van der Waals surface area contributed by atoms with Crippen LogP contribution in [0.1, 0.15) is 33.6 Å². The molecule has 0 spiro atoms. The van der Waals surface area contributed by atoms with Crippen molar-refractivity contribution < 1.29 is 14.3 Å². The first-order valence-electron chi connectivity index (χ1n) is 6.08. The average molecular weight is 229 g/mol. The van der Waals surface area contributed by atoms with E-state index in [2.05, 4.69) is 13.8 Å². The molecule has 4 nitrogen and oxygen atoms in total. The van der Waals surface area contributed by atoms with Gasteiger partial charge in [-0.15, -0.1) is 0 Å². The summed E-state index contributed by atoms with van der Waals surface area (Å²) in [4.78, 5) is 13.5. The minimum Gasteiger partial charge on any atom is -0.443 e. The molecule has 0 aromatic carbocycles. The Balaban J connectivity index is 2.52. The zero-order chi connectivity index (χ0) is 12.1. The summed E-state index contributed by atoms with van der Waals surface area (Å²) in [6.07, 6.45) is 1.59. The highest BCUT2D eigenvalue weighted by atomic mass is 16.6. The van der Waals surface area contributed by atoms with Crippen molar-refractivity contribution in [3.63, 3.8) is 0 Å². The Hall–Kier alpha value is -0.770. The highest BCUT2D eigenvalue weighted by Gasteiger charge is 2.30. The van der Waals surface area contributed by atoms with Gasteiger partial charge in [0.2, 0.25) is 0 Å². The van der Waals surface area contributed by atoms with E-state index in [1.807, 2.05) is 6.92 Å². The summed E-state index contributed by atoms with van der Waals surface area (Å²) in [6, 6.07) is 0. The van der Waals surface area contributed by atoms with Gasteiger partial charge in [-0.1, -0.05) is 20.8 Å². The summed E-state index contributed by atoms with van der Waals surface area (Å²) < 4.78 is 10.9. The summed E-state index contributed by atoms with van der Waals surface area (Å²) >= 11 is 0. The van der Waals surface area contributed by atoms with Gasteiger partial charge in [0, 0.05) is 20.2 Å². The van der Waals surface area contributed by atoms with Crippen LogP contribution in [0.2, 0.25) is 0 Å². The normalized spacial score (nSPS) is 19.2. The monoisotopic (exact) mass is 229 g/mol. The largest absolute Gasteiger partial charge is 0.443 e. The molecule has 2 unspecified atom stereocenters. The van der Waals surface area contributed by atoms with Crippen LogP contribution in [-0.2, 0) is 9.47 Å². The van der Waals surface area contributed by atoms with Crippen molar-refractivity contribution in [3.8, 4) is 0 Å². The Morgan fingerprint density at radius 2 is 2.00 bits per heavy atom. The Morgan fingerprint density at radius 3 is 2.31 bits per heavy atom. The van der Waals surface area contributed by atoms with Crippen LogP contribution in [0.4, 0.5) is 4.79 Å². The van der Waals surface area contributed by atoms with Crippen molar-refractivity contribution >= 4 is 6.09 Å². The maximum Gasteiger partial charge on any atom is 0.410 e. The molecule has 4 heteroatoms. The van der Waals surface area contributed by atoms with Crippen LogP contribution in [0.25, 0.3) is 0 Å². The topological polar surface area (TPSA) is 38.8 Å². The molecule has 0 aliphatic carbocycles.